The van der Waals surface area contributed by atoms with Crippen LogP contribution in [-0.2, 0) is 9.59 Å². The zero-order chi connectivity index (χ0) is 24.2. The predicted octanol–water partition coefficient (Wildman–Crippen LogP) is 4.91. The van der Waals surface area contributed by atoms with Crippen molar-refractivity contribution in [2.75, 3.05) is 16.8 Å². The maximum atomic E-state index is 13.4. The number of rotatable bonds is 2. The number of urea groups is 1. The highest BCUT2D eigenvalue weighted by atomic mass is 16.2. The molecule has 33 heavy (non-hydrogen) atoms. The summed E-state index contributed by atoms with van der Waals surface area (Å²) in [5.74, 6) is -1.31. The Morgan fingerprint density at radius 2 is 1.64 bits per heavy atom. The molecule has 6 nitrogen and oxygen atoms in total. The Morgan fingerprint density at radius 1 is 0.939 bits per heavy atom. The molecule has 1 N–H and O–H groups in total. The molecule has 2 aliphatic heterocycles. The predicted molar refractivity (Wildman–Crippen MR) is 132 cm³/mol. The number of amides is 4. The molecule has 1 fully saturated rings. The maximum absolute atomic E-state index is 13.4. The van der Waals surface area contributed by atoms with Crippen molar-refractivity contribution in [1.29, 1.82) is 0 Å². The number of carbonyl (C=O) groups is 3. The lowest BCUT2D eigenvalue weighted by molar-refractivity contribution is -0.122. The van der Waals surface area contributed by atoms with Gasteiger partial charge in [0.25, 0.3) is 11.8 Å². The van der Waals surface area contributed by atoms with Crippen molar-refractivity contribution in [2.24, 2.45) is 0 Å². The topological polar surface area (TPSA) is 69.7 Å². The van der Waals surface area contributed by atoms with Gasteiger partial charge < -0.3 is 4.90 Å². The third-order valence-corrected chi connectivity index (χ3v) is 6.82. The van der Waals surface area contributed by atoms with Crippen molar-refractivity contribution < 1.29 is 14.4 Å². The Labute approximate surface area is 194 Å². The molecule has 0 unspecified atom stereocenters. The number of allylic oxidation sites excluding steroid dienone is 1. The number of hydrogen-bond donors (Lipinski definition) is 1. The van der Waals surface area contributed by atoms with Crippen molar-refractivity contribution in [2.45, 2.75) is 47.1 Å². The van der Waals surface area contributed by atoms with Crippen LogP contribution >= 0.6 is 0 Å². The second-order valence-corrected chi connectivity index (χ2v) is 9.44. The molecule has 1 saturated heterocycles. The number of anilines is 2. The molecule has 2 aromatic carbocycles. The van der Waals surface area contributed by atoms with Crippen LogP contribution in [0, 0.1) is 20.8 Å². The van der Waals surface area contributed by atoms with E-state index in [9.17, 15) is 14.4 Å². The molecule has 0 aromatic heterocycles. The van der Waals surface area contributed by atoms with Gasteiger partial charge >= 0.3 is 6.03 Å². The molecule has 170 valence electrons. The van der Waals surface area contributed by atoms with E-state index >= 15 is 0 Å². The van der Waals surface area contributed by atoms with Crippen LogP contribution < -0.4 is 15.1 Å². The molecular weight excluding hydrogens is 414 g/mol. The van der Waals surface area contributed by atoms with Gasteiger partial charge in [0.15, 0.2) is 0 Å². The number of carbonyl (C=O) groups excluding carboxylic acids is 3. The molecule has 0 saturated carbocycles. The summed E-state index contributed by atoms with van der Waals surface area (Å²) in [5, 5.41) is 2.32. The van der Waals surface area contributed by atoms with Crippen LogP contribution in [0.15, 0.2) is 42.0 Å². The van der Waals surface area contributed by atoms with Gasteiger partial charge in [-0.15, -0.1) is 0 Å². The van der Waals surface area contributed by atoms with Crippen LogP contribution in [0.2, 0.25) is 0 Å². The third-order valence-electron chi connectivity index (χ3n) is 6.82. The Hall–Kier alpha value is -3.67. The van der Waals surface area contributed by atoms with E-state index in [0.717, 1.165) is 44.0 Å². The highest BCUT2D eigenvalue weighted by Crippen LogP contribution is 2.39. The van der Waals surface area contributed by atoms with Gasteiger partial charge in [-0.25, -0.2) is 9.69 Å². The first kappa shape index (κ1) is 22.5. The lowest BCUT2D eigenvalue weighted by Crippen LogP contribution is -2.54. The van der Waals surface area contributed by atoms with Gasteiger partial charge in [-0.3, -0.25) is 14.9 Å². The van der Waals surface area contributed by atoms with E-state index in [0.29, 0.717) is 5.69 Å². The molecule has 2 aromatic rings. The van der Waals surface area contributed by atoms with Gasteiger partial charge in [0.1, 0.15) is 5.57 Å². The van der Waals surface area contributed by atoms with Gasteiger partial charge in [-0.05, 0) is 93.6 Å². The van der Waals surface area contributed by atoms with Crippen LogP contribution in [-0.4, -0.2) is 30.4 Å². The summed E-state index contributed by atoms with van der Waals surface area (Å²) in [7, 11) is 2.06. The maximum Gasteiger partial charge on any atom is 0.335 e. The molecule has 2 heterocycles. The zero-order valence-electron chi connectivity index (χ0n) is 20.2. The largest absolute Gasteiger partial charge is 0.365 e. The van der Waals surface area contributed by atoms with Crippen molar-refractivity contribution in [1.82, 2.24) is 5.32 Å². The summed E-state index contributed by atoms with van der Waals surface area (Å²) in [6.07, 6.45) is 3.80. The van der Waals surface area contributed by atoms with Crippen LogP contribution in [0.3, 0.4) is 0 Å². The smallest absolute Gasteiger partial charge is 0.335 e. The zero-order valence-corrected chi connectivity index (χ0v) is 20.2. The molecule has 0 aliphatic carbocycles. The molecule has 2 aliphatic rings. The molecule has 6 heteroatoms. The first-order chi connectivity index (χ1) is 15.4. The molecule has 0 spiro atoms. The quantitative estimate of drug-likeness (QED) is 0.529. The summed E-state index contributed by atoms with van der Waals surface area (Å²) >= 11 is 0. The SMILES string of the molecule is CC1=CC(C)(C)N(C)c2cc(C)c(/C=C3\C(=O)NC(=O)N(c4cccc(C)c4C)C3=O)cc21. The Balaban J connectivity index is 1.81. The molecule has 0 atom stereocenters. The van der Waals surface area contributed by atoms with E-state index < -0.39 is 17.8 Å². The van der Waals surface area contributed by atoms with E-state index in [1.807, 2.05) is 32.9 Å². The van der Waals surface area contributed by atoms with Gasteiger partial charge in [-0.2, -0.15) is 0 Å². The standard InChI is InChI=1S/C27H29N3O3/c1-15-9-8-10-22(18(15)4)30-25(32)21(24(31)28-26(30)33)13-19-12-20-17(3)14-27(5,6)29(7)23(20)11-16(19)2/h8-14H,1-7H3,(H,28,31,33)/b21-13+. The van der Waals surface area contributed by atoms with E-state index in [1.165, 1.54) is 0 Å². The summed E-state index contributed by atoms with van der Waals surface area (Å²) in [4.78, 5) is 41.9. The average Bonchev–Trinajstić information content (AvgIpc) is 2.72. The number of benzene rings is 2. The van der Waals surface area contributed by atoms with Gasteiger partial charge in [0.2, 0.25) is 0 Å². The summed E-state index contributed by atoms with van der Waals surface area (Å²) in [6, 6.07) is 8.77. The van der Waals surface area contributed by atoms with Crippen molar-refractivity contribution in [3.05, 3.63) is 69.8 Å². The van der Waals surface area contributed by atoms with Crippen LogP contribution in [0.25, 0.3) is 11.6 Å². The minimum atomic E-state index is -0.736. The number of imide groups is 2. The van der Waals surface area contributed by atoms with E-state index in [4.69, 9.17) is 0 Å². The molecule has 4 rings (SSSR count). The lowest BCUT2D eigenvalue weighted by atomic mass is 9.87. The minimum absolute atomic E-state index is 0.0651. The first-order valence-electron chi connectivity index (χ1n) is 11.0. The van der Waals surface area contributed by atoms with Gasteiger partial charge in [0.05, 0.1) is 11.2 Å². The molecule has 0 radical (unpaired) electrons. The van der Waals surface area contributed by atoms with E-state index in [2.05, 4.69) is 50.2 Å². The Kier molecular flexibility index (Phi) is 5.27. The number of nitrogens with zero attached hydrogens (tertiary/aromatic N) is 2. The second-order valence-electron chi connectivity index (χ2n) is 9.44. The fraction of sp³-hybridized carbons (Fsp3) is 0.296. The number of barbiturate groups is 1. The van der Waals surface area contributed by atoms with E-state index in [-0.39, 0.29) is 11.1 Å². The normalized spacial score (nSPS) is 18.9. The van der Waals surface area contributed by atoms with E-state index in [1.54, 1.807) is 18.2 Å². The highest BCUT2D eigenvalue weighted by Gasteiger charge is 2.38. The highest BCUT2D eigenvalue weighted by molar-refractivity contribution is 6.39. The van der Waals surface area contributed by atoms with Crippen molar-refractivity contribution in [3.8, 4) is 0 Å². The van der Waals surface area contributed by atoms with Gasteiger partial charge in [0, 0.05) is 18.3 Å². The van der Waals surface area contributed by atoms with Crippen LogP contribution in [0.1, 0.15) is 48.6 Å². The molecule has 0 bridgehead atoms. The molecular formula is C27H29N3O3. The minimum Gasteiger partial charge on any atom is -0.365 e. The number of fused-ring (bicyclic) bond motifs is 1. The van der Waals surface area contributed by atoms with Crippen molar-refractivity contribution in [3.63, 3.8) is 0 Å². The Morgan fingerprint density at radius 3 is 2.33 bits per heavy atom. The monoisotopic (exact) mass is 443 g/mol. The lowest BCUT2D eigenvalue weighted by Gasteiger charge is -2.41. The summed E-state index contributed by atoms with van der Waals surface area (Å²) in [6.45, 7) is 12.1. The second kappa shape index (κ2) is 7.73. The fourth-order valence-electron chi connectivity index (χ4n) is 4.48. The van der Waals surface area contributed by atoms with Crippen LogP contribution in [0.5, 0.6) is 0 Å². The number of hydrogen-bond acceptors (Lipinski definition) is 4. The number of nitrogens with one attached hydrogen (secondary N) is 1. The van der Waals surface area contributed by atoms with Crippen molar-refractivity contribution >= 4 is 40.9 Å². The number of aryl methyl sites for hydroxylation is 2. The summed E-state index contributed by atoms with van der Waals surface area (Å²) < 4.78 is 0. The number of likely N-dealkylation sites (N-methyl/N-ethyl adjacent to an activating group) is 1. The average molecular weight is 444 g/mol. The first-order valence-corrected chi connectivity index (χ1v) is 11.0. The van der Waals surface area contributed by atoms with Crippen LogP contribution in [0.4, 0.5) is 16.2 Å². The molecule has 4 amide bonds. The fourth-order valence-corrected chi connectivity index (χ4v) is 4.48. The van der Waals surface area contributed by atoms with Gasteiger partial charge in [-0.1, -0.05) is 18.2 Å². The third kappa shape index (κ3) is 3.65. The Bertz CT molecular complexity index is 1280. The summed E-state index contributed by atoms with van der Waals surface area (Å²) in [5.41, 5.74) is 7.06.